The summed E-state index contributed by atoms with van der Waals surface area (Å²) in [5.74, 6) is 2.03. The topological polar surface area (TPSA) is 81.3 Å². The molecule has 1 saturated heterocycles. The summed E-state index contributed by atoms with van der Waals surface area (Å²) in [7, 11) is 4.00. The van der Waals surface area contributed by atoms with Gasteiger partial charge >= 0.3 is 0 Å². The highest BCUT2D eigenvalue weighted by molar-refractivity contribution is 5.96. The standard InChI is InChI=1S/C20H29N7O/c1-13-19(14(2)24-23-13)20(28)26-9-7-16(8-10-26)27(15-5-6-15)18-11-17(25(3)4)21-12-22-18/h11-12,15-16H,5-10H2,1-4H3,(H,23,24). The van der Waals surface area contributed by atoms with E-state index < -0.39 is 0 Å². The first-order chi connectivity index (χ1) is 13.5. The molecule has 3 heterocycles. The van der Waals surface area contributed by atoms with E-state index in [0.717, 1.165) is 54.5 Å². The van der Waals surface area contributed by atoms with Gasteiger partial charge in [-0.1, -0.05) is 0 Å². The highest BCUT2D eigenvalue weighted by atomic mass is 16.2. The van der Waals surface area contributed by atoms with Gasteiger partial charge in [0.1, 0.15) is 18.0 Å². The minimum absolute atomic E-state index is 0.0945. The van der Waals surface area contributed by atoms with Gasteiger partial charge in [-0.25, -0.2) is 9.97 Å². The van der Waals surface area contributed by atoms with Crippen molar-refractivity contribution in [2.75, 3.05) is 37.0 Å². The van der Waals surface area contributed by atoms with Gasteiger partial charge in [0.25, 0.3) is 5.91 Å². The number of carbonyl (C=O) groups excluding carboxylic acids is 1. The molecule has 2 aromatic heterocycles. The normalized spacial score (nSPS) is 17.6. The van der Waals surface area contributed by atoms with Gasteiger partial charge in [0.2, 0.25) is 0 Å². The number of hydrogen-bond donors (Lipinski definition) is 1. The Morgan fingerprint density at radius 2 is 1.71 bits per heavy atom. The van der Waals surface area contributed by atoms with Crippen LogP contribution in [-0.4, -0.2) is 70.2 Å². The summed E-state index contributed by atoms with van der Waals surface area (Å²) in [5, 5.41) is 7.09. The number of H-pyrrole nitrogens is 1. The van der Waals surface area contributed by atoms with Crippen molar-refractivity contribution in [3.63, 3.8) is 0 Å². The summed E-state index contributed by atoms with van der Waals surface area (Å²) in [6, 6.07) is 3.05. The average molecular weight is 384 g/mol. The maximum absolute atomic E-state index is 12.9. The fourth-order valence-corrected chi connectivity index (χ4v) is 4.12. The largest absolute Gasteiger partial charge is 0.363 e. The summed E-state index contributed by atoms with van der Waals surface area (Å²) in [6.07, 6.45) is 6.00. The highest BCUT2D eigenvalue weighted by Gasteiger charge is 2.37. The zero-order chi connectivity index (χ0) is 19.8. The number of nitrogens with one attached hydrogen (secondary N) is 1. The molecule has 150 valence electrons. The van der Waals surface area contributed by atoms with Crippen molar-refractivity contribution in [2.24, 2.45) is 0 Å². The molecule has 1 aliphatic carbocycles. The van der Waals surface area contributed by atoms with Crippen molar-refractivity contribution in [1.29, 1.82) is 0 Å². The van der Waals surface area contributed by atoms with Crippen LogP contribution in [0.2, 0.25) is 0 Å². The van der Waals surface area contributed by atoms with E-state index in [0.29, 0.717) is 12.1 Å². The molecular weight excluding hydrogens is 354 g/mol. The van der Waals surface area contributed by atoms with E-state index in [9.17, 15) is 4.79 Å². The zero-order valence-corrected chi connectivity index (χ0v) is 17.1. The summed E-state index contributed by atoms with van der Waals surface area (Å²) in [5.41, 5.74) is 2.35. The fourth-order valence-electron chi connectivity index (χ4n) is 4.12. The van der Waals surface area contributed by atoms with Gasteiger partial charge in [0.05, 0.1) is 11.3 Å². The third kappa shape index (κ3) is 3.55. The second kappa shape index (κ2) is 7.41. The van der Waals surface area contributed by atoms with Gasteiger partial charge in [-0.15, -0.1) is 0 Å². The number of piperidine rings is 1. The molecule has 0 bridgehead atoms. The van der Waals surface area contributed by atoms with Crippen LogP contribution in [0.3, 0.4) is 0 Å². The fraction of sp³-hybridized carbons (Fsp3) is 0.600. The van der Waals surface area contributed by atoms with E-state index in [2.05, 4.69) is 31.1 Å². The Balaban J connectivity index is 1.47. The first-order valence-corrected chi connectivity index (χ1v) is 10.0. The maximum atomic E-state index is 12.9. The number of carbonyl (C=O) groups is 1. The Bertz CT molecular complexity index is 830. The first-order valence-electron chi connectivity index (χ1n) is 10.0. The second-order valence-corrected chi connectivity index (χ2v) is 8.10. The van der Waals surface area contributed by atoms with Crippen LogP contribution in [0, 0.1) is 13.8 Å². The SMILES string of the molecule is Cc1n[nH]c(C)c1C(=O)N1CCC(N(c2cc(N(C)C)ncn2)C2CC2)CC1. The van der Waals surface area contributed by atoms with Crippen LogP contribution < -0.4 is 9.80 Å². The third-order valence-electron chi connectivity index (χ3n) is 5.79. The Morgan fingerprint density at radius 3 is 2.29 bits per heavy atom. The van der Waals surface area contributed by atoms with Crippen molar-refractivity contribution in [3.8, 4) is 0 Å². The van der Waals surface area contributed by atoms with Crippen LogP contribution in [0.25, 0.3) is 0 Å². The van der Waals surface area contributed by atoms with Gasteiger partial charge in [-0.05, 0) is 39.5 Å². The number of aromatic amines is 1. The van der Waals surface area contributed by atoms with E-state index in [4.69, 9.17) is 0 Å². The number of aryl methyl sites for hydroxylation is 2. The lowest BCUT2D eigenvalue weighted by Crippen LogP contribution is -2.48. The van der Waals surface area contributed by atoms with Crippen molar-refractivity contribution < 1.29 is 4.79 Å². The van der Waals surface area contributed by atoms with Crippen molar-refractivity contribution in [3.05, 3.63) is 29.3 Å². The average Bonchev–Trinajstić information content (AvgIpc) is 3.46. The molecule has 0 radical (unpaired) electrons. The number of anilines is 2. The van der Waals surface area contributed by atoms with Crippen LogP contribution in [0.1, 0.15) is 47.4 Å². The molecule has 0 aromatic carbocycles. The molecule has 8 nitrogen and oxygen atoms in total. The second-order valence-electron chi connectivity index (χ2n) is 8.10. The molecule has 0 spiro atoms. The number of hydrogen-bond acceptors (Lipinski definition) is 6. The molecule has 1 saturated carbocycles. The van der Waals surface area contributed by atoms with Crippen molar-refractivity contribution in [2.45, 2.75) is 51.6 Å². The molecule has 2 aromatic rings. The van der Waals surface area contributed by atoms with Gasteiger partial charge in [-0.2, -0.15) is 5.10 Å². The van der Waals surface area contributed by atoms with Crippen molar-refractivity contribution in [1.82, 2.24) is 25.1 Å². The van der Waals surface area contributed by atoms with E-state index in [1.54, 1.807) is 6.33 Å². The van der Waals surface area contributed by atoms with Crippen molar-refractivity contribution >= 4 is 17.5 Å². The van der Waals surface area contributed by atoms with Gasteiger partial charge < -0.3 is 14.7 Å². The summed E-state index contributed by atoms with van der Waals surface area (Å²) in [6.45, 7) is 5.33. The number of aromatic nitrogens is 4. The van der Waals surface area contributed by atoms with Gasteiger partial charge in [-0.3, -0.25) is 9.89 Å². The van der Waals surface area contributed by atoms with Crippen LogP contribution in [-0.2, 0) is 0 Å². The minimum atomic E-state index is 0.0945. The Labute approximate surface area is 165 Å². The lowest BCUT2D eigenvalue weighted by atomic mass is 10.0. The number of amides is 1. The molecule has 0 unspecified atom stereocenters. The predicted molar refractivity (Wildman–Crippen MR) is 109 cm³/mol. The molecule has 0 atom stereocenters. The van der Waals surface area contributed by atoms with Crippen LogP contribution in [0.15, 0.2) is 12.4 Å². The molecule has 1 N–H and O–H groups in total. The van der Waals surface area contributed by atoms with Gasteiger partial charge in [0.15, 0.2) is 0 Å². The zero-order valence-electron chi connectivity index (χ0n) is 17.1. The van der Waals surface area contributed by atoms with E-state index in [-0.39, 0.29) is 5.91 Å². The Hall–Kier alpha value is -2.64. The maximum Gasteiger partial charge on any atom is 0.257 e. The Morgan fingerprint density at radius 1 is 1.07 bits per heavy atom. The van der Waals surface area contributed by atoms with Crippen LogP contribution in [0.5, 0.6) is 0 Å². The van der Waals surface area contributed by atoms with E-state index >= 15 is 0 Å². The molecular formula is C20H29N7O. The lowest BCUT2D eigenvalue weighted by Gasteiger charge is -2.39. The smallest absolute Gasteiger partial charge is 0.257 e. The Kier molecular flexibility index (Phi) is 4.95. The number of likely N-dealkylation sites (tertiary alicyclic amines) is 1. The molecule has 1 aliphatic heterocycles. The van der Waals surface area contributed by atoms with E-state index in [1.165, 1.54) is 12.8 Å². The number of rotatable bonds is 5. The molecule has 1 amide bonds. The summed E-state index contributed by atoms with van der Waals surface area (Å²) in [4.78, 5) is 28.3. The minimum Gasteiger partial charge on any atom is -0.363 e. The lowest BCUT2D eigenvalue weighted by molar-refractivity contribution is 0.0710. The quantitative estimate of drug-likeness (QED) is 0.852. The van der Waals surface area contributed by atoms with Crippen LogP contribution in [0.4, 0.5) is 11.6 Å². The van der Waals surface area contributed by atoms with E-state index in [1.807, 2.05) is 37.7 Å². The number of nitrogens with zero attached hydrogens (tertiary/aromatic N) is 6. The molecule has 2 aliphatic rings. The van der Waals surface area contributed by atoms with Crippen LogP contribution >= 0.6 is 0 Å². The molecule has 28 heavy (non-hydrogen) atoms. The highest BCUT2D eigenvalue weighted by Crippen LogP contribution is 2.36. The first kappa shape index (κ1) is 18.7. The summed E-state index contributed by atoms with van der Waals surface area (Å²) < 4.78 is 0. The third-order valence-corrected chi connectivity index (χ3v) is 5.79. The molecule has 4 rings (SSSR count). The predicted octanol–water partition coefficient (Wildman–Crippen LogP) is 2.16. The molecule has 2 fully saturated rings. The summed E-state index contributed by atoms with van der Waals surface area (Å²) >= 11 is 0. The monoisotopic (exact) mass is 383 g/mol. The van der Waals surface area contributed by atoms with Gasteiger partial charge in [0, 0.05) is 51.0 Å². The molecule has 8 heteroatoms.